The summed E-state index contributed by atoms with van der Waals surface area (Å²) in [5, 5.41) is 2.18. The molecule has 1 aliphatic heterocycles. The third-order valence-electron chi connectivity index (χ3n) is 7.89. The van der Waals surface area contributed by atoms with Crippen molar-refractivity contribution in [1.29, 1.82) is 0 Å². The molecular weight excluding hydrogens is 503 g/mol. The first kappa shape index (κ1) is 31.1. The predicted molar refractivity (Wildman–Crippen MR) is 163 cm³/mol. The van der Waals surface area contributed by atoms with Gasteiger partial charge in [0.25, 0.3) is 8.32 Å². The maximum Gasteiger partial charge on any atom is 0.462 e. The summed E-state index contributed by atoms with van der Waals surface area (Å²) in [6.07, 6.45) is 2.58. The second-order valence-electron chi connectivity index (χ2n) is 12.1. The largest absolute Gasteiger partial charge is 0.463 e. The van der Waals surface area contributed by atoms with Crippen LogP contribution in [-0.4, -0.2) is 45.8 Å². The Bertz CT molecular complexity index is 1100. The molecule has 3 rings (SSSR count). The highest BCUT2D eigenvalue weighted by Gasteiger charge is 2.52. The second kappa shape index (κ2) is 12.4. The van der Waals surface area contributed by atoms with Crippen LogP contribution in [0.15, 0.2) is 84.5 Å². The van der Waals surface area contributed by atoms with Gasteiger partial charge in [-0.15, -0.1) is 6.58 Å². The van der Waals surface area contributed by atoms with Crippen LogP contribution >= 0.6 is 0 Å². The van der Waals surface area contributed by atoms with Crippen LogP contribution in [0.4, 0.5) is 0 Å². The standard InChI is InChI=1S/C32H45BO5Si/c1-10-18-25(28(29(34)35-11-2)23-33-37-31(6,7)32(8,9)38-33)24-36-39(30(3,4)5,26-19-14-12-15-20-26)27-21-16-13-17-22-27/h10,12-17,19-22H,1,11,18,23-24H2,2-9H3/b28-25-. The number of allylic oxidation sites excluding steroid dienone is 1. The summed E-state index contributed by atoms with van der Waals surface area (Å²) in [6, 6.07) is 21.0. The number of benzene rings is 2. The van der Waals surface area contributed by atoms with Crippen LogP contribution < -0.4 is 10.4 Å². The Morgan fingerprint density at radius 3 is 1.85 bits per heavy atom. The molecule has 0 saturated carbocycles. The molecule has 5 nitrogen and oxygen atoms in total. The highest BCUT2D eigenvalue weighted by Crippen LogP contribution is 2.40. The van der Waals surface area contributed by atoms with E-state index in [2.05, 4.69) is 75.9 Å². The first-order chi connectivity index (χ1) is 18.3. The van der Waals surface area contributed by atoms with Gasteiger partial charge in [-0.3, -0.25) is 0 Å². The quantitative estimate of drug-likeness (QED) is 0.147. The van der Waals surface area contributed by atoms with Crippen molar-refractivity contribution in [2.45, 2.75) is 84.4 Å². The Hall–Kier alpha value is -2.45. The summed E-state index contributed by atoms with van der Waals surface area (Å²) < 4.78 is 25.2. The molecule has 0 bridgehead atoms. The Balaban J connectivity index is 2.10. The van der Waals surface area contributed by atoms with E-state index >= 15 is 0 Å². The maximum absolute atomic E-state index is 13.4. The molecule has 1 aliphatic rings. The summed E-state index contributed by atoms with van der Waals surface area (Å²) in [5.41, 5.74) is 0.377. The van der Waals surface area contributed by atoms with Gasteiger partial charge in [-0.05, 0) is 62.0 Å². The van der Waals surface area contributed by atoms with Gasteiger partial charge < -0.3 is 18.5 Å². The predicted octanol–water partition coefficient (Wildman–Crippen LogP) is 6.09. The molecule has 0 aromatic heterocycles. The highest BCUT2D eigenvalue weighted by atomic mass is 28.4. The minimum absolute atomic E-state index is 0.190. The molecule has 1 heterocycles. The lowest BCUT2D eigenvalue weighted by Crippen LogP contribution is -2.66. The first-order valence-corrected chi connectivity index (χ1v) is 15.8. The average Bonchev–Trinajstić information content (AvgIpc) is 3.08. The maximum atomic E-state index is 13.4. The number of ether oxygens (including phenoxy) is 1. The van der Waals surface area contributed by atoms with Gasteiger partial charge in [-0.2, -0.15) is 0 Å². The molecule has 0 atom stereocenters. The average molecular weight is 549 g/mol. The summed E-state index contributed by atoms with van der Waals surface area (Å²) in [4.78, 5) is 13.4. The molecule has 1 fully saturated rings. The van der Waals surface area contributed by atoms with Crippen LogP contribution in [0.1, 0.15) is 61.8 Å². The smallest absolute Gasteiger partial charge is 0.462 e. The summed E-state index contributed by atoms with van der Waals surface area (Å²) >= 11 is 0. The molecule has 2 aromatic rings. The summed E-state index contributed by atoms with van der Waals surface area (Å²) in [6.45, 7) is 21.1. The molecule has 0 N–H and O–H groups in total. The topological polar surface area (TPSA) is 54.0 Å². The van der Waals surface area contributed by atoms with Crippen molar-refractivity contribution in [2.75, 3.05) is 13.2 Å². The van der Waals surface area contributed by atoms with Crippen molar-refractivity contribution in [3.63, 3.8) is 0 Å². The molecule has 39 heavy (non-hydrogen) atoms. The zero-order chi connectivity index (χ0) is 28.9. The number of esters is 1. The van der Waals surface area contributed by atoms with Gasteiger partial charge in [0.05, 0.1) is 24.4 Å². The summed E-state index contributed by atoms with van der Waals surface area (Å²) in [5.74, 6) is -0.366. The SMILES string of the molecule is C=CC/C(CO[Si](c1ccccc1)(c1ccccc1)C(C)(C)C)=C(\CB1OC(C)(C)C(C)(C)O1)C(=O)OCC. The van der Waals surface area contributed by atoms with Gasteiger partial charge >= 0.3 is 13.1 Å². The van der Waals surface area contributed by atoms with Crippen molar-refractivity contribution in [3.05, 3.63) is 84.5 Å². The fourth-order valence-corrected chi connectivity index (χ4v) is 9.75. The van der Waals surface area contributed by atoms with E-state index in [1.54, 1.807) is 0 Å². The van der Waals surface area contributed by atoms with Gasteiger partial charge in [0.15, 0.2) is 0 Å². The molecule has 0 spiro atoms. The lowest BCUT2D eigenvalue weighted by Gasteiger charge is -2.43. The van der Waals surface area contributed by atoms with E-state index < -0.39 is 26.6 Å². The molecule has 0 unspecified atom stereocenters. The van der Waals surface area contributed by atoms with Crippen LogP contribution in [0.3, 0.4) is 0 Å². The third-order valence-corrected chi connectivity index (χ3v) is 12.9. The van der Waals surface area contributed by atoms with Crippen molar-refractivity contribution >= 4 is 31.8 Å². The van der Waals surface area contributed by atoms with Gasteiger partial charge in [-0.1, -0.05) is 87.5 Å². The van der Waals surface area contributed by atoms with Crippen molar-refractivity contribution in [2.24, 2.45) is 0 Å². The van der Waals surface area contributed by atoms with Gasteiger partial charge in [0.1, 0.15) is 0 Å². The lowest BCUT2D eigenvalue weighted by molar-refractivity contribution is -0.138. The molecule has 1 saturated heterocycles. The van der Waals surface area contributed by atoms with E-state index in [4.69, 9.17) is 18.5 Å². The van der Waals surface area contributed by atoms with E-state index in [-0.39, 0.29) is 30.5 Å². The zero-order valence-electron chi connectivity index (χ0n) is 25.0. The number of rotatable bonds is 11. The van der Waals surface area contributed by atoms with Crippen molar-refractivity contribution < 1.29 is 23.3 Å². The highest BCUT2D eigenvalue weighted by molar-refractivity contribution is 6.99. The number of carbonyl (C=O) groups excluding carboxylic acids is 1. The Morgan fingerprint density at radius 1 is 0.949 bits per heavy atom. The fourth-order valence-electron chi connectivity index (χ4n) is 5.21. The normalized spacial score (nSPS) is 17.5. The van der Waals surface area contributed by atoms with E-state index in [1.165, 1.54) is 10.4 Å². The zero-order valence-corrected chi connectivity index (χ0v) is 26.0. The lowest BCUT2D eigenvalue weighted by atomic mass is 9.78. The Morgan fingerprint density at radius 2 is 1.44 bits per heavy atom. The fraction of sp³-hybridized carbons (Fsp3) is 0.469. The summed E-state index contributed by atoms with van der Waals surface area (Å²) in [7, 11) is -3.38. The molecule has 0 radical (unpaired) electrons. The molecule has 0 amide bonds. The van der Waals surface area contributed by atoms with E-state index in [1.807, 2.05) is 52.8 Å². The van der Waals surface area contributed by atoms with E-state index in [0.717, 1.165) is 5.57 Å². The van der Waals surface area contributed by atoms with Crippen LogP contribution in [-0.2, 0) is 23.3 Å². The Kier molecular flexibility index (Phi) is 9.87. The molecule has 210 valence electrons. The molecular formula is C32H45BO5Si. The monoisotopic (exact) mass is 548 g/mol. The van der Waals surface area contributed by atoms with E-state index in [9.17, 15) is 4.79 Å². The minimum Gasteiger partial charge on any atom is -0.463 e. The van der Waals surface area contributed by atoms with Gasteiger partial charge in [0, 0.05) is 11.9 Å². The minimum atomic E-state index is -2.81. The molecule has 0 aliphatic carbocycles. The number of hydrogen-bond donors (Lipinski definition) is 0. The van der Waals surface area contributed by atoms with Crippen LogP contribution in [0.5, 0.6) is 0 Å². The number of hydrogen-bond acceptors (Lipinski definition) is 5. The van der Waals surface area contributed by atoms with Crippen LogP contribution in [0, 0.1) is 0 Å². The third kappa shape index (κ3) is 6.65. The van der Waals surface area contributed by atoms with Gasteiger partial charge in [0.2, 0.25) is 0 Å². The van der Waals surface area contributed by atoms with E-state index in [0.29, 0.717) is 12.0 Å². The van der Waals surface area contributed by atoms with Crippen molar-refractivity contribution in [1.82, 2.24) is 0 Å². The van der Waals surface area contributed by atoms with Gasteiger partial charge in [-0.25, -0.2) is 4.79 Å². The first-order valence-electron chi connectivity index (χ1n) is 13.9. The van der Waals surface area contributed by atoms with Crippen LogP contribution in [0.25, 0.3) is 0 Å². The van der Waals surface area contributed by atoms with Crippen LogP contribution in [0.2, 0.25) is 11.4 Å². The molecule has 2 aromatic carbocycles. The van der Waals surface area contributed by atoms with Crippen molar-refractivity contribution in [3.8, 4) is 0 Å². The number of carbonyl (C=O) groups is 1. The second-order valence-corrected chi connectivity index (χ2v) is 16.4. The molecule has 7 heteroatoms. The Labute approximate surface area is 236 Å².